The highest BCUT2D eigenvalue weighted by Gasteiger charge is 2.33. The van der Waals surface area contributed by atoms with E-state index in [9.17, 15) is 9.59 Å². The van der Waals surface area contributed by atoms with E-state index in [0.717, 1.165) is 18.4 Å². The SMILES string of the molecule is Cc1ccn2c(C[C@H]3CN(C(=O)OC(C)(C)C)CCO3)c(-c3c(F)cc(C(=O)NC4CC4)c(F)c3F)nc2c1. The average Bonchev–Trinajstić information content (AvgIpc) is 3.61. The maximum atomic E-state index is 15.5. The zero-order valence-electron chi connectivity index (χ0n) is 22.3. The second-order valence-corrected chi connectivity index (χ2v) is 11.1. The normalized spacial score (nSPS) is 17.9. The molecule has 0 spiro atoms. The summed E-state index contributed by atoms with van der Waals surface area (Å²) >= 11 is 0. The lowest BCUT2D eigenvalue weighted by molar-refractivity contribution is -0.0418. The van der Waals surface area contributed by atoms with Gasteiger partial charge in [0.05, 0.1) is 41.8 Å². The van der Waals surface area contributed by atoms with Crippen molar-refractivity contribution in [1.29, 1.82) is 0 Å². The number of carbonyl (C=O) groups is 2. The number of rotatable bonds is 5. The summed E-state index contributed by atoms with van der Waals surface area (Å²) in [4.78, 5) is 31.0. The smallest absolute Gasteiger partial charge is 0.410 e. The lowest BCUT2D eigenvalue weighted by Gasteiger charge is -2.34. The third kappa shape index (κ3) is 5.73. The van der Waals surface area contributed by atoms with Gasteiger partial charge in [0.25, 0.3) is 5.91 Å². The third-order valence-corrected chi connectivity index (χ3v) is 6.64. The van der Waals surface area contributed by atoms with Gasteiger partial charge in [-0.25, -0.2) is 22.9 Å². The number of fused-ring (bicyclic) bond motifs is 1. The molecule has 1 aliphatic carbocycles. The summed E-state index contributed by atoms with van der Waals surface area (Å²) in [6.45, 7) is 7.95. The summed E-state index contributed by atoms with van der Waals surface area (Å²) in [7, 11) is 0. The van der Waals surface area contributed by atoms with Gasteiger partial charge >= 0.3 is 6.09 Å². The molecule has 5 rings (SSSR count). The van der Waals surface area contributed by atoms with Crippen molar-refractivity contribution in [3.63, 3.8) is 0 Å². The van der Waals surface area contributed by atoms with Gasteiger partial charge < -0.3 is 24.1 Å². The van der Waals surface area contributed by atoms with Crippen LogP contribution in [-0.2, 0) is 15.9 Å². The molecule has 1 aliphatic heterocycles. The minimum Gasteiger partial charge on any atom is -0.444 e. The molecule has 3 aromatic rings. The first-order chi connectivity index (χ1) is 18.4. The van der Waals surface area contributed by atoms with Gasteiger partial charge in [0.1, 0.15) is 17.1 Å². The summed E-state index contributed by atoms with van der Waals surface area (Å²) in [5.41, 5.74) is -0.449. The highest BCUT2D eigenvalue weighted by molar-refractivity contribution is 5.95. The van der Waals surface area contributed by atoms with E-state index < -0.39 is 52.3 Å². The Kier molecular flexibility index (Phi) is 7.04. The maximum absolute atomic E-state index is 15.5. The minimum absolute atomic E-state index is 0.0957. The first-order valence-corrected chi connectivity index (χ1v) is 13.0. The number of nitrogens with zero attached hydrogens (tertiary/aromatic N) is 3. The van der Waals surface area contributed by atoms with Crippen LogP contribution in [0.15, 0.2) is 24.4 Å². The molecule has 0 bridgehead atoms. The molecule has 1 N–H and O–H groups in total. The van der Waals surface area contributed by atoms with Crippen molar-refractivity contribution in [1.82, 2.24) is 19.6 Å². The summed E-state index contributed by atoms with van der Waals surface area (Å²) < 4.78 is 59.1. The Hall–Kier alpha value is -3.60. The van der Waals surface area contributed by atoms with Gasteiger partial charge in [-0.05, 0) is 64.3 Å². The van der Waals surface area contributed by atoms with Crippen molar-refractivity contribution in [2.75, 3.05) is 19.7 Å². The van der Waals surface area contributed by atoms with Crippen LogP contribution in [0.25, 0.3) is 16.9 Å². The number of halogens is 3. The Morgan fingerprint density at radius 3 is 2.62 bits per heavy atom. The molecule has 2 amide bonds. The predicted octanol–water partition coefficient (Wildman–Crippen LogP) is 4.80. The number of pyridine rings is 1. The number of nitrogens with one attached hydrogen (secondary N) is 1. The standard InChI is InChI=1S/C28H31F3N4O4/c1-15-7-8-35-20(12-17-14-34(9-10-38-17)27(37)39-28(2,3)4)25(33-21(35)11-15)22-19(29)13-18(23(30)24(22)31)26(36)32-16-5-6-16/h7-8,11,13,16-17H,5-6,9-10,12,14H2,1-4H3,(H,32,36)/t17-/m0/s1. The van der Waals surface area contributed by atoms with Gasteiger partial charge in [0.15, 0.2) is 11.6 Å². The molecule has 3 heterocycles. The van der Waals surface area contributed by atoms with Crippen molar-refractivity contribution in [2.24, 2.45) is 0 Å². The Morgan fingerprint density at radius 2 is 1.92 bits per heavy atom. The second-order valence-electron chi connectivity index (χ2n) is 11.1. The zero-order valence-corrected chi connectivity index (χ0v) is 22.3. The monoisotopic (exact) mass is 544 g/mol. The van der Waals surface area contributed by atoms with Crippen LogP contribution >= 0.6 is 0 Å². The van der Waals surface area contributed by atoms with Crippen molar-refractivity contribution in [3.8, 4) is 11.3 Å². The number of hydrogen-bond donors (Lipinski definition) is 1. The number of imidazole rings is 1. The Balaban J connectivity index is 1.51. The predicted molar refractivity (Wildman–Crippen MR) is 137 cm³/mol. The second kappa shape index (κ2) is 10.2. The van der Waals surface area contributed by atoms with Crippen molar-refractivity contribution in [3.05, 3.63) is 58.7 Å². The van der Waals surface area contributed by atoms with E-state index in [-0.39, 0.29) is 31.3 Å². The largest absolute Gasteiger partial charge is 0.444 e. The first kappa shape index (κ1) is 27.0. The van der Waals surface area contributed by atoms with Crippen molar-refractivity contribution in [2.45, 2.75) is 64.7 Å². The van der Waals surface area contributed by atoms with E-state index in [1.165, 1.54) is 4.90 Å². The van der Waals surface area contributed by atoms with Gasteiger partial charge in [-0.3, -0.25) is 4.79 Å². The van der Waals surface area contributed by atoms with E-state index in [2.05, 4.69) is 10.3 Å². The molecular formula is C28H31F3N4O4. The molecule has 1 saturated carbocycles. The van der Waals surface area contributed by atoms with Gasteiger partial charge in [-0.1, -0.05) is 0 Å². The molecular weight excluding hydrogens is 513 g/mol. The fraction of sp³-hybridized carbons (Fsp3) is 0.464. The summed E-state index contributed by atoms with van der Waals surface area (Å²) in [5.74, 6) is -4.88. The fourth-order valence-corrected chi connectivity index (χ4v) is 4.61. The number of amides is 2. The lowest BCUT2D eigenvalue weighted by Crippen LogP contribution is -2.48. The molecule has 11 heteroatoms. The number of carbonyl (C=O) groups excluding carboxylic acids is 2. The van der Waals surface area contributed by atoms with Crippen molar-refractivity contribution < 1.29 is 32.2 Å². The lowest BCUT2D eigenvalue weighted by atomic mass is 10.0. The minimum atomic E-state index is -1.49. The highest BCUT2D eigenvalue weighted by atomic mass is 19.2. The molecule has 1 saturated heterocycles. The van der Waals surface area contributed by atoms with E-state index in [0.29, 0.717) is 24.0 Å². The van der Waals surface area contributed by atoms with Crippen LogP contribution in [0.2, 0.25) is 0 Å². The molecule has 2 aliphatic rings. The van der Waals surface area contributed by atoms with E-state index >= 15 is 13.2 Å². The number of ether oxygens (including phenoxy) is 2. The Bertz CT molecular complexity index is 1450. The molecule has 39 heavy (non-hydrogen) atoms. The molecule has 208 valence electrons. The maximum Gasteiger partial charge on any atom is 0.410 e. The number of hydrogen-bond acceptors (Lipinski definition) is 5. The molecule has 2 fully saturated rings. The van der Waals surface area contributed by atoms with Crippen molar-refractivity contribution >= 4 is 17.6 Å². The van der Waals surface area contributed by atoms with Gasteiger partial charge in [0, 0.05) is 25.2 Å². The number of aryl methyl sites for hydroxylation is 1. The van der Waals surface area contributed by atoms with Gasteiger partial charge in [0.2, 0.25) is 0 Å². The fourth-order valence-electron chi connectivity index (χ4n) is 4.61. The Labute approximate surface area is 224 Å². The third-order valence-electron chi connectivity index (χ3n) is 6.64. The first-order valence-electron chi connectivity index (χ1n) is 13.0. The van der Waals surface area contributed by atoms with Gasteiger partial charge in [-0.15, -0.1) is 0 Å². The van der Waals surface area contributed by atoms with Crippen LogP contribution in [0.1, 0.15) is 55.2 Å². The summed E-state index contributed by atoms with van der Waals surface area (Å²) in [6.07, 6.45) is 2.32. The topological polar surface area (TPSA) is 85.2 Å². The molecule has 8 nitrogen and oxygen atoms in total. The average molecular weight is 545 g/mol. The molecule has 0 unspecified atom stereocenters. The van der Waals surface area contributed by atoms with Crippen LogP contribution in [0.4, 0.5) is 18.0 Å². The summed E-state index contributed by atoms with van der Waals surface area (Å²) in [6, 6.07) is 4.17. The zero-order chi connectivity index (χ0) is 28.1. The quantitative estimate of drug-likeness (QED) is 0.467. The van der Waals surface area contributed by atoms with Crippen LogP contribution < -0.4 is 5.32 Å². The van der Waals surface area contributed by atoms with E-state index in [4.69, 9.17) is 9.47 Å². The molecule has 1 aromatic carbocycles. The number of morpholine rings is 1. The van der Waals surface area contributed by atoms with Crippen LogP contribution in [0.3, 0.4) is 0 Å². The van der Waals surface area contributed by atoms with Crippen LogP contribution in [-0.4, -0.2) is 63.7 Å². The van der Waals surface area contributed by atoms with Crippen LogP contribution in [0, 0.1) is 24.4 Å². The molecule has 0 radical (unpaired) electrons. The van der Waals surface area contributed by atoms with Crippen LogP contribution in [0.5, 0.6) is 0 Å². The molecule has 1 atom stereocenters. The number of aromatic nitrogens is 2. The summed E-state index contributed by atoms with van der Waals surface area (Å²) in [5, 5.41) is 2.55. The Morgan fingerprint density at radius 1 is 1.18 bits per heavy atom. The highest BCUT2D eigenvalue weighted by Crippen LogP contribution is 2.34. The van der Waals surface area contributed by atoms with E-state index in [1.54, 1.807) is 37.4 Å². The van der Waals surface area contributed by atoms with Gasteiger partial charge in [-0.2, -0.15) is 0 Å². The number of benzene rings is 1. The molecule has 2 aromatic heterocycles. The van der Waals surface area contributed by atoms with E-state index in [1.807, 2.05) is 13.0 Å².